The number of rotatable bonds is 6. The molecule has 1 N–H and O–H groups in total. The summed E-state index contributed by atoms with van der Waals surface area (Å²) in [5.74, 6) is 0. The first kappa shape index (κ1) is 13.3. The van der Waals surface area contributed by atoms with E-state index in [4.69, 9.17) is 4.74 Å². The highest BCUT2D eigenvalue weighted by atomic mass is 32.2. The number of hydrogen-bond donors (Lipinski definition) is 1. The molecule has 0 aromatic carbocycles. The highest BCUT2D eigenvalue weighted by molar-refractivity contribution is 8.00. The summed E-state index contributed by atoms with van der Waals surface area (Å²) < 4.78 is 5.57. The van der Waals surface area contributed by atoms with Crippen LogP contribution in [0.3, 0.4) is 0 Å². The van der Waals surface area contributed by atoms with Crippen molar-refractivity contribution < 1.29 is 4.74 Å². The minimum Gasteiger partial charge on any atom is -0.377 e. The summed E-state index contributed by atoms with van der Waals surface area (Å²) in [6.07, 6.45) is 2.88. The monoisotopic (exact) mass is 231 g/mol. The molecule has 0 bridgehead atoms. The van der Waals surface area contributed by atoms with E-state index in [0.717, 1.165) is 13.2 Å². The van der Waals surface area contributed by atoms with Crippen LogP contribution in [-0.2, 0) is 4.74 Å². The Kier molecular flexibility index (Phi) is 6.02. The predicted molar refractivity (Wildman–Crippen MR) is 68.6 cm³/mol. The SMILES string of the molecule is CCC(C)NCC(C)SC1CCOC1C. The maximum atomic E-state index is 5.57. The van der Waals surface area contributed by atoms with Crippen LogP contribution in [0.5, 0.6) is 0 Å². The second-order valence-corrected chi connectivity index (χ2v) is 6.25. The standard InChI is InChI=1S/C12H25NOS/c1-5-9(2)13-8-10(3)15-12-6-7-14-11(12)4/h9-13H,5-8H2,1-4H3. The average Bonchev–Trinajstić information content (AvgIpc) is 2.61. The fourth-order valence-corrected chi connectivity index (χ4v) is 3.07. The zero-order chi connectivity index (χ0) is 11.3. The van der Waals surface area contributed by atoms with Crippen LogP contribution < -0.4 is 5.32 Å². The van der Waals surface area contributed by atoms with Gasteiger partial charge in [-0.1, -0.05) is 13.8 Å². The second-order valence-electron chi connectivity index (χ2n) is 4.57. The molecule has 3 heteroatoms. The third-order valence-corrected chi connectivity index (χ3v) is 4.68. The Morgan fingerprint density at radius 3 is 2.73 bits per heavy atom. The molecule has 90 valence electrons. The zero-order valence-electron chi connectivity index (χ0n) is 10.5. The molecule has 1 fully saturated rings. The van der Waals surface area contributed by atoms with Crippen molar-refractivity contribution in [3.05, 3.63) is 0 Å². The first-order valence-corrected chi connectivity index (χ1v) is 7.08. The van der Waals surface area contributed by atoms with Gasteiger partial charge in [0.2, 0.25) is 0 Å². The normalized spacial score (nSPS) is 30.4. The molecule has 0 radical (unpaired) electrons. The molecule has 0 aliphatic carbocycles. The lowest BCUT2D eigenvalue weighted by atomic mass is 10.2. The van der Waals surface area contributed by atoms with Crippen molar-refractivity contribution in [3.63, 3.8) is 0 Å². The summed E-state index contributed by atoms with van der Waals surface area (Å²) in [5, 5.41) is 4.95. The number of hydrogen-bond acceptors (Lipinski definition) is 3. The third kappa shape index (κ3) is 4.75. The Labute approximate surface area is 98.5 Å². The molecule has 0 saturated carbocycles. The quantitative estimate of drug-likeness (QED) is 0.759. The molecule has 0 aromatic rings. The van der Waals surface area contributed by atoms with Gasteiger partial charge in [-0.3, -0.25) is 0 Å². The highest BCUT2D eigenvalue weighted by Gasteiger charge is 2.26. The lowest BCUT2D eigenvalue weighted by Gasteiger charge is -2.21. The minimum absolute atomic E-state index is 0.445. The lowest BCUT2D eigenvalue weighted by Crippen LogP contribution is -2.32. The molecule has 1 aliphatic heterocycles. The smallest absolute Gasteiger partial charge is 0.0666 e. The van der Waals surface area contributed by atoms with Gasteiger partial charge in [-0.15, -0.1) is 0 Å². The minimum atomic E-state index is 0.445. The second kappa shape index (κ2) is 6.77. The fourth-order valence-electron chi connectivity index (χ4n) is 1.75. The Hall–Kier alpha value is 0.270. The first-order valence-electron chi connectivity index (χ1n) is 6.14. The molecular formula is C12H25NOS. The van der Waals surface area contributed by atoms with E-state index in [-0.39, 0.29) is 0 Å². The third-order valence-electron chi connectivity index (χ3n) is 3.08. The van der Waals surface area contributed by atoms with Crippen molar-refractivity contribution in [2.24, 2.45) is 0 Å². The molecule has 0 amide bonds. The first-order chi connectivity index (χ1) is 7.13. The molecule has 2 nitrogen and oxygen atoms in total. The van der Waals surface area contributed by atoms with Crippen molar-refractivity contribution in [2.75, 3.05) is 13.2 Å². The van der Waals surface area contributed by atoms with E-state index in [9.17, 15) is 0 Å². The summed E-state index contributed by atoms with van der Waals surface area (Å²) in [7, 11) is 0. The van der Waals surface area contributed by atoms with Crippen molar-refractivity contribution >= 4 is 11.8 Å². The lowest BCUT2D eigenvalue weighted by molar-refractivity contribution is 0.127. The summed E-state index contributed by atoms with van der Waals surface area (Å²) >= 11 is 2.08. The maximum absolute atomic E-state index is 5.57. The number of ether oxygens (including phenoxy) is 1. The van der Waals surface area contributed by atoms with Crippen LogP contribution in [0, 0.1) is 0 Å². The topological polar surface area (TPSA) is 21.3 Å². The van der Waals surface area contributed by atoms with Crippen molar-refractivity contribution in [2.45, 2.75) is 63.2 Å². The molecule has 0 aromatic heterocycles. The van der Waals surface area contributed by atoms with Crippen LogP contribution in [0.2, 0.25) is 0 Å². The van der Waals surface area contributed by atoms with Gasteiger partial charge < -0.3 is 10.1 Å². The van der Waals surface area contributed by atoms with Crippen molar-refractivity contribution in [1.29, 1.82) is 0 Å². The Balaban J connectivity index is 2.14. The van der Waals surface area contributed by atoms with E-state index in [1.165, 1.54) is 12.8 Å². The number of thioether (sulfide) groups is 1. The van der Waals surface area contributed by atoms with E-state index in [2.05, 4.69) is 44.8 Å². The van der Waals surface area contributed by atoms with Crippen molar-refractivity contribution in [1.82, 2.24) is 5.32 Å². The summed E-state index contributed by atoms with van der Waals surface area (Å²) in [6.45, 7) is 11.0. The van der Waals surface area contributed by atoms with E-state index in [1.54, 1.807) is 0 Å². The van der Waals surface area contributed by atoms with Crippen LogP contribution in [0.25, 0.3) is 0 Å². The summed E-state index contributed by atoms with van der Waals surface area (Å²) in [6, 6.07) is 0.644. The summed E-state index contributed by atoms with van der Waals surface area (Å²) in [5.41, 5.74) is 0. The van der Waals surface area contributed by atoms with Crippen molar-refractivity contribution in [3.8, 4) is 0 Å². The van der Waals surface area contributed by atoms with Gasteiger partial charge in [0, 0.05) is 29.7 Å². The van der Waals surface area contributed by atoms with Gasteiger partial charge in [0.1, 0.15) is 0 Å². The van der Waals surface area contributed by atoms with Crippen LogP contribution >= 0.6 is 11.8 Å². The Bertz CT molecular complexity index is 177. The summed E-state index contributed by atoms with van der Waals surface area (Å²) in [4.78, 5) is 0. The van der Waals surface area contributed by atoms with E-state index in [0.29, 0.717) is 22.6 Å². The molecule has 0 spiro atoms. The molecule has 15 heavy (non-hydrogen) atoms. The molecular weight excluding hydrogens is 206 g/mol. The largest absolute Gasteiger partial charge is 0.377 e. The van der Waals surface area contributed by atoms with Gasteiger partial charge in [0.25, 0.3) is 0 Å². The molecule has 4 unspecified atom stereocenters. The fraction of sp³-hybridized carbons (Fsp3) is 1.00. The van der Waals surface area contributed by atoms with Gasteiger partial charge >= 0.3 is 0 Å². The highest BCUT2D eigenvalue weighted by Crippen LogP contribution is 2.29. The molecule has 1 saturated heterocycles. The predicted octanol–water partition coefficient (Wildman–Crippen LogP) is 2.67. The van der Waals surface area contributed by atoms with E-state index >= 15 is 0 Å². The molecule has 1 heterocycles. The molecule has 1 aliphatic rings. The van der Waals surface area contributed by atoms with E-state index in [1.807, 2.05) is 0 Å². The van der Waals surface area contributed by atoms with E-state index < -0.39 is 0 Å². The van der Waals surface area contributed by atoms with Gasteiger partial charge in [-0.05, 0) is 26.7 Å². The molecule has 4 atom stereocenters. The Morgan fingerprint density at radius 2 is 2.20 bits per heavy atom. The Morgan fingerprint density at radius 1 is 1.47 bits per heavy atom. The van der Waals surface area contributed by atoms with Crippen LogP contribution in [-0.4, -0.2) is 35.8 Å². The van der Waals surface area contributed by atoms with Gasteiger partial charge in [-0.25, -0.2) is 0 Å². The van der Waals surface area contributed by atoms with Gasteiger partial charge in [0.15, 0.2) is 0 Å². The average molecular weight is 231 g/mol. The van der Waals surface area contributed by atoms with Crippen LogP contribution in [0.4, 0.5) is 0 Å². The number of nitrogens with one attached hydrogen (secondary N) is 1. The van der Waals surface area contributed by atoms with Gasteiger partial charge in [-0.2, -0.15) is 11.8 Å². The van der Waals surface area contributed by atoms with Gasteiger partial charge in [0.05, 0.1) is 6.10 Å². The molecule has 1 rings (SSSR count). The zero-order valence-corrected chi connectivity index (χ0v) is 11.3. The van der Waals surface area contributed by atoms with Crippen LogP contribution in [0.15, 0.2) is 0 Å². The maximum Gasteiger partial charge on any atom is 0.0666 e. The van der Waals surface area contributed by atoms with Crippen LogP contribution in [0.1, 0.15) is 40.5 Å².